The summed E-state index contributed by atoms with van der Waals surface area (Å²) in [5.74, 6) is -0.153. The topological polar surface area (TPSA) is 82.2 Å². The maximum Gasteiger partial charge on any atom is 0.308 e. The van der Waals surface area contributed by atoms with Crippen molar-refractivity contribution in [3.63, 3.8) is 0 Å². The van der Waals surface area contributed by atoms with E-state index in [1.54, 1.807) is 10.9 Å². The number of hydrogen-bond acceptors (Lipinski definition) is 5. The Morgan fingerprint density at radius 2 is 2.04 bits per heavy atom. The summed E-state index contributed by atoms with van der Waals surface area (Å²) in [7, 11) is 3.29. The molecule has 2 aromatic heterocycles. The van der Waals surface area contributed by atoms with Crippen LogP contribution in [0.15, 0.2) is 6.20 Å². The van der Waals surface area contributed by atoms with Gasteiger partial charge in [-0.25, -0.2) is 0 Å². The van der Waals surface area contributed by atoms with Crippen molar-refractivity contribution >= 4 is 22.9 Å². The van der Waals surface area contributed by atoms with Crippen LogP contribution in [0.4, 0.5) is 0 Å². The number of hydrogen-bond donors (Lipinski definition) is 0. The van der Waals surface area contributed by atoms with Crippen molar-refractivity contribution in [2.24, 2.45) is 13.0 Å². The summed E-state index contributed by atoms with van der Waals surface area (Å²) in [6, 6.07) is 0. The first-order chi connectivity index (χ1) is 11.5. The summed E-state index contributed by atoms with van der Waals surface area (Å²) in [6.07, 6.45) is 3.52. The summed E-state index contributed by atoms with van der Waals surface area (Å²) >= 11 is 0. The van der Waals surface area contributed by atoms with Gasteiger partial charge in [-0.1, -0.05) is 0 Å². The first kappa shape index (κ1) is 16.5. The number of carbonyl (C=O) groups is 2. The number of carbonyl (C=O) groups excluding carboxylic acids is 2. The highest BCUT2D eigenvalue weighted by molar-refractivity contribution is 5.79. The molecule has 0 unspecified atom stereocenters. The van der Waals surface area contributed by atoms with Gasteiger partial charge in [0.1, 0.15) is 11.0 Å². The molecule has 8 heteroatoms. The van der Waals surface area contributed by atoms with E-state index in [1.807, 2.05) is 23.6 Å². The molecule has 1 amide bonds. The number of amides is 1. The molecular formula is C16H23N5O3. The molecule has 0 N–H and O–H groups in total. The first-order valence-corrected chi connectivity index (χ1v) is 8.22. The van der Waals surface area contributed by atoms with Crippen LogP contribution in [0.1, 0.15) is 25.0 Å². The smallest absolute Gasteiger partial charge is 0.308 e. The third kappa shape index (κ3) is 3.00. The van der Waals surface area contributed by atoms with Gasteiger partial charge in [0.2, 0.25) is 5.91 Å². The van der Waals surface area contributed by atoms with Gasteiger partial charge in [0.05, 0.1) is 31.5 Å². The van der Waals surface area contributed by atoms with E-state index < -0.39 is 0 Å². The molecule has 3 rings (SSSR count). The Balaban J connectivity index is 1.57. The fourth-order valence-corrected chi connectivity index (χ4v) is 3.37. The van der Waals surface area contributed by atoms with E-state index in [1.165, 1.54) is 7.11 Å². The lowest BCUT2D eigenvalue weighted by atomic mass is 9.97. The molecule has 130 valence electrons. The Morgan fingerprint density at radius 1 is 1.33 bits per heavy atom. The number of piperidine rings is 1. The minimum atomic E-state index is -0.173. The number of methoxy groups -OCH3 is 1. The van der Waals surface area contributed by atoms with Crippen molar-refractivity contribution in [3.8, 4) is 0 Å². The summed E-state index contributed by atoms with van der Waals surface area (Å²) in [5, 5.41) is 8.74. The Labute approximate surface area is 140 Å². The molecule has 0 aliphatic carbocycles. The predicted molar refractivity (Wildman–Crippen MR) is 87.2 cm³/mol. The molecule has 24 heavy (non-hydrogen) atoms. The Bertz CT molecular complexity index is 755. The van der Waals surface area contributed by atoms with Gasteiger partial charge in [0.15, 0.2) is 0 Å². The van der Waals surface area contributed by atoms with E-state index in [4.69, 9.17) is 4.74 Å². The van der Waals surface area contributed by atoms with Crippen LogP contribution >= 0.6 is 0 Å². The fourth-order valence-electron chi connectivity index (χ4n) is 3.37. The van der Waals surface area contributed by atoms with Crippen molar-refractivity contribution in [2.75, 3.05) is 20.2 Å². The zero-order valence-corrected chi connectivity index (χ0v) is 14.4. The molecule has 1 aliphatic rings. The monoisotopic (exact) mass is 333 g/mol. The van der Waals surface area contributed by atoms with E-state index in [-0.39, 0.29) is 17.8 Å². The Hall–Kier alpha value is -2.38. The average molecular weight is 333 g/mol. The molecule has 0 atom stereocenters. The van der Waals surface area contributed by atoms with Crippen LogP contribution in [0.25, 0.3) is 11.0 Å². The summed E-state index contributed by atoms with van der Waals surface area (Å²) in [6.45, 7) is 3.70. The number of esters is 1. The highest BCUT2D eigenvalue weighted by Crippen LogP contribution is 2.20. The minimum Gasteiger partial charge on any atom is -0.469 e. The number of ether oxygens (including phenoxy) is 1. The summed E-state index contributed by atoms with van der Waals surface area (Å²) in [5.41, 5.74) is 2.87. The second kappa shape index (κ2) is 6.62. The lowest BCUT2D eigenvalue weighted by molar-refractivity contribution is -0.148. The molecule has 1 aliphatic heterocycles. The molecule has 0 aromatic carbocycles. The molecule has 2 aromatic rings. The second-order valence-corrected chi connectivity index (χ2v) is 6.24. The number of likely N-dealkylation sites (tertiary alicyclic amines) is 1. The molecular weight excluding hydrogens is 310 g/mol. The molecule has 3 heterocycles. The highest BCUT2D eigenvalue weighted by Gasteiger charge is 2.27. The zero-order valence-electron chi connectivity index (χ0n) is 14.4. The van der Waals surface area contributed by atoms with Crippen LogP contribution in [-0.2, 0) is 27.9 Å². The normalized spacial score (nSPS) is 15.9. The number of fused-ring (bicyclic) bond motifs is 1. The molecule has 0 saturated carbocycles. The molecule has 8 nitrogen and oxygen atoms in total. The maximum atomic E-state index is 12.4. The van der Waals surface area contributed by atoms with Crippen molar-refractivity contribution in [1.82, 2.24) is 24.5 Å². The van der Waals surface area contributed by atoms with Crippen LogP contribution < -0.4 is 0 Å². The van der Waals surface area contributed by atoms with E-state index in [0.717, 1.165) is 16.7 Å². The molecule has 1 fully saturated rings. The van der Waals surface area contributed by atoms with E-state index in [0.29, 0.717) is 38.9 Å². The fraction of sp³-hybridized carbons (Fsp3) is 0.625. The van der Waals surface area contributed by atoms with Gasteiger partial charge in [-0.05, 0) is 19.8 Å². The van der Waals surface area contributed by atoms with Crippen LogP contribution in [0.3, 0.4) is 0 Å². The first-order valence-electron chi connectivity index (χ1n) is 8.22. The van der Waals surface area contributed by atoms with Crippen LogP contribution in [-0.4, -0.2) is 56.5 Å². The minimum absolute atomic E-state index is 0.0807. The van der Waals surface area contributed by atoms with Crippen LogP contribution in [0.2, 0.25) is 0 Å². The molecule has 1 saturated heterocycles. The van der Waals surface area contributed by atoms with Crippen molar-refractivity contribution in [2.45, 2.75) is 32.7 Å². The van der Waals surface area contributed by atoms with E-state index in [9.17, 15) is 9.59 Å². The Kier molecular flexibility index (Phi) is 4.55. The largest absolute Gasteiger partial charge is 0.469 e. The van der Waals surface area contributed by atoms with Gasteiger partial charge >= 0.3 is 5.97 Å². The van der Waals surface area contributed by atoms with Crippen LogP contribution in [0, 0.1) is 12.8 Å². The quantitative estimate of drug-likeness (QED) is 0.776. The number of nitrogens with zero attached hydrogens (tertiary/aromatic N) is 5. The molecule has 0 spiro atoms. The highest BCUT2D eigenvalue weighted by atomic mass is 16.5. The maximum absolute atomic E-state index is 12.4. The van der Waals surface area contributed by atoms with Crippen LogP contribution in [0.5, 0.6) is 0 Å². The third-order valence-corrected chi connectivity index (χ3v) is 4.73. The van der Waals surface area contributed by atoms with E-state index in [2.05, 4.69) is 10.2 Å². The van der Waals surface area contributed by atoms with Gasteiger partial charge in [0, 0.05) is 26.6 Å². The van der Waals surface area contributed by atoms with Crippen molar-refractivity contribution < 1.29 is 14.3 Å². The number of aryl methyl sites for hydroxylation is 3. The lowest BCUT2D eigenvalue weighted by Gasteiger charge is -2.30. The number of rotatable bonds is 4. The van der Waals surface area contributed by atoms with E-state index >= 15 is 0 Å². The van der Waals surface area contributed by atoms with Gasteiger partial charge in [-0.15, -0.1) is 0 Å². The predicted octanol–water partition coefficient (Wildman–Crippen LogP) is 0.880. The summed E-state index contributed by atoms with van der Waals surface area (Å²) in [4.78, 5) is 25.8. The third-order valence-electron chi connectivity index (χ3n) is 4.73. The van der Waals surface area contributed by atoms with Gasteiger partial charge in [0.25, 0.3) is 0 Å². The molecule has 0 bridgehead atoms. The van der Waals surface area contributed by atoms with Crippen molar-refractivity contribution in [1.29, 1.82) is 0 Å². The zero-order chi connectivity index (χ0) is 17.3. The van der Waals surface area contributed by atoms with Gasteiger partial charge in [-0.3, -0.25) is 19.0 Å². The van der Waals surface area contributed by atoms with Gasteiger partial charge in [-0.2, -0.15) is 10.2 Å². The molecule has 0 radical (unpaired) electrons. The van der Waals surface area contributed by atoms with Crippen molar-refractivity contribution in [3.05, 3.63) is 11.9 Å². The number of aromatic nitrogens is 4. The summed E-state index contributed by atoms with van der Waals surface area (Å²) < 4.78 is 8.42. The standard InChI is InChI=1S/C16H23N5O3/c1-11-15-13(19(2)18-11)10-17-21(15)9-6-14(22)20-7-4-12(5-8-20)16(23)24-3/h10,12H,4-9H2,1-3H3. The SMILES string of the molecule is COC(=O)C1CCN(C(=O)CCn2ncc3c2c(C)nn3C)CC1. The average Bonchev–Trinajstić information content (AvgIpc) is 3.14. The lowest BCUT2D eigenvalue weighted by Crippen LogP contribution is -2.40. The second-order valence-electron chi connectivity index (χ2n) is 6.24. The van der Waals surface area contributed by atoms with Gasteiger partial charge < -0.3 is 9.64 Å². The Morgan fingerprint density at radius 3 is 2.71 bits per heavy atom.